The molecule has 1 aliphatic rings. The molecule has 1 fully saturated rings. The summed E-state index contributed by atoms with van der Waals surface area (Å²) in [5.74, 6) is -0.116. The number of aromatic nitrogens is 2. The van der Waals surface area contributed by atoms with Crippen molar-refractivity contribution >= 4 is 5.91 Å². The summed E-state index contributed by atoms with van der Waals surface area (Å²) in [6.07, 6.45) is 7.58. The zero-order valence-corrected chi connectivity index (χ0v) is 11.3. The summed E-state index contributed by atoms with van der Waals surface area (Å²) in [4.78, 5) is 15.7. The highest BCUT2D eigenvalue weighted by Gasteiger charge is 2.18. The van der Waals surface area contributed by atoms with Gasteiger partial charge < -0.3 is 20.4 Å². The first-order valence-electron chi connectivity index (χ1n) is 6.78. The molecular formula is C13H22N4O2. The van der Waals surface area contributed by atoms with Gasteiger partial charge in [0.05, 0.1) is 25.2 Å². The molecule has 0 saturated heterocycles. The van der Waals surface area contributed by atoms with Crippen LogP contribution in [0.5, 0.6) is 0 Å². The lowest BCUT2D eigenvalue weighted by atomic mass is 9.94. The second-order valence-electron chi connectivity index (χ2n) is 5.05. The fourth-order valence-corrected chi connectivity index (χ4v) is 2.31. The van der Waals surface area contributed by atoms with Crippen LogP contribution < -0.4 is 11.1 Å². The predicted molar refractivity (Wildman–Crippen MR) is 71.7 cm³/mol. The molecule has 1 aliphatic carbocycles. The van der Waals surface area contributed by atoms with Crippen molar-refractivity contribution in [3.05, 3.63) is 18.2 Å². The fraction of sp³-hybridized carbons (Fsp3) is 0.692. The summed E-state index contributed by atoms with van der Waals surface area (Å²) < 4.78 is 7.43. The predicted octanol–water partition coefficient (Wildman–Crippen LogP) is 0.436. The summed E-state index contributed by atoms with van der Waals surface area (Å²) in [7, 11) is 1.80. The molecule has 0 radical (unpaired) electrons. The Kier molecular flexibility index (Phi) is 4.93. The fourth-order valence-electron chi connectivity index (χ4n) is 2.31. The Morgan fingerprint density at radius 3 is 2.89 bits per heavy atom. The summed E-state index contributed by atoms with van der Waals surface area (Å²) in [6, 6.07) is 0.337. The SMILES string of the molecule is Cn1cncc1C(=O)NCCOC1CCC(N)CC1. The van der Waals surface area contributed by atoms with E-state index in [2.05, 4.69) is 10.3 Å². The van der Waals surface area contributed by atoms with E-state index in [0.717, 1.165) is 25.7 Å². The summed E-state index contributed by atoms with van der Waals surface area (Å²) in [5.41, 5.74) is 6.40. The van der Waals surface area contributed by atoms with E-state index in [0.29, 0.717) is 31.0 Å². The molecule has 19 heavy (non-hydrogen) atoms. The van der Waals surface area contributed by atoms with Crippen molar-refractivity contribution in [1.82, 2.24) is 14.9 Å². The van der Waals surface area contributed by atoms with Gasteiger partial charge in [-0.25, -0.2) is 4.98 Å². The van der Waals surface area contributed by atoms with Crippen LogP contribution in [0, 0.1) is 0 Å². The van der Waals surface area contributed by atoms with Crippen LogP contribution in [-0.4, -0.2) is 40.8 Å². The van der Waals surface area contributed by atoms with E-state index in [9.17, 15) is 4.79 Å². The molecule has 1 amide bonds. The Bertz CT molecular complexity index is 411. The van der Waals surface area contributed by atoms with Crippen LogP contribution in [0.4, 0.5) is 0 Å². The second kappa shape index (κ2) is 6.68. The minimum absolute atomic E-state index is 0.116. The lowest BCUT2D eigenvalue weighted by Gasteiger charge is -2.26. The molecule has 1 aromatic rings. The maximum Gasteiger partial charge on any atom is 0.269 e. The topological polar surface area (TPSA) is 82.2 Å². The number of aryl methyl sites for hydroxylation is 1. The molecule has 0 bridgehead atoms. The van der Waals surface area contributed by atoms with Crippen molar-refractivity contribution in [3.63, 3.8) is 0 Å². The zero-order valence-electron chi connectivity index (χ0n) is 11.3. The summed E-state index contributed by atoms with van der Waals surface area (Å²) >= 11 is 0. The Morgan fingerprint density at radius 2 is 2.26 bits per heavy atom. The molecule has 6 heteroatoms. The Hall–Kier alpha value is -1.40. The average Bonchev–Trinajstić information content (AvgIpc) is 2.83. The van der Waals surface area contributed by atoms with Crippen molar-refractivity contribution in [2.75, 3.05) is 13.2 Å². The van der Waals surface area contributed by atoms with Crippen molar-refractivity contribution in [1.29, 1.82) is 0 Å². The van der Waals surface area contributed by atoms with Gasteiger partial charge in [0.25, 0.3) is 5.91 Å². The number of hydrogen-bond acceptors (Lipinski definition) is 4. The van der Waals surface area contributed by atoms with Crippen molar-refractivity contribution in [2.24, 2.45) is 12.8 Å². The first-order valence-corrected chi connectivity index (χ1v) is 6.78. The number of nitrogens with zero attached hydrogens (tertiary/aromatic N) is 2. The van der Waals surface area contributed by atoms with E-state index >= 15 is 0 Å². The highest BCUT2D eigenvalue weighted by molar-refractivity contribution is 5.92. The quantitative estimate of drug-likeness (QED) is 0.757. The Morgan fingerprint density at radius 1 is 1.53 bits per heavy atom. The molecule has 6 nitrogen and oxygen atoms in total. The van der Waals surface area contributed by atoms with E-state index in [4.69, 9.17) is 10.5 Å². The van der Waals surface area contributed by atoms with Crippen LogP contribution in [-0.2, 0) is 11.8 Å². The minimum atomic E-state index is -0.116. The lowest BCUT2D eigenvalue weighted by molar-refractivity contribution is 0.0267. The number of rotatable bonds is 5. The smallest absolute Gasteiger partial charge is 0.269 e. The Labute approximate surface area is 113 Å². The van der Waals surface area contributed by atoms with Crippen molar-refractivity contribution < 1.29 is 9.53 Å². The normalized spacial score (nSPS) is 23.3. The molecular weight excluding hydrogens is 244 g/mol. The molecule has 3 N–H and O–H groups in total. The number of nitrogens with one attached hydrogen (secondary N) is 1. The largest absolute Gasteiger partial charge is 0.376 e. The van der Waals surface area contributed by atoms with Crippen LogP contribution in [0.25, 0.3) is 0 Å². The summed E-state index contributed by atoms with van der Waals surface area (Å²) in [5, 5.41) is 2.82. The van der Waals surface area contributed by atoms with Crippen LogP contribution >= 0.6 is 0 Å². The first-order chi connectivity index (χ1) is 9.16. The number of nitrogens with two attached hydrogens (primary N) is 1. The van der Waals surface area contributed by atoms with Crippen LogP contribution in [0.2, 0.25) is 0 Å². The highest BCUT2D eigenvalue weighted by Crippen LogP contribution is 2.19. The number of carbonyl (C=O) groups is 1. The van der Waals surface area contributed by atoms with Gasteiger partial charge in [0.2, 0.25) is 0 Å². The van der Waals surface area contributed by atoms with Crippen LogP contribution in [0.3, 0.4) is 0 Å². The Balaban J connectivity index is 1.62. The van der Waals surface area contributed by atoms with Crippen molar-refractivity contribution in [2.45, 2.75) is 37.8 Å². The minimum Gasteiger partial charge on any atom is -0.376 e. The highest BCUT2D eigenvalue weighted by atomic mass is 16.5. The first kappa shape index (κ1) is 14.0. The van der Waals surface area contributed by atoms with Gasteiger partial charge in [-0.2, -0.15) is 0 Å². The maximum absolute atomic E-state index is 11.8. The molecule has 106 valence electrons. The molecule has 0 spiro atoms. The van der Waals surface area contributed by atoms with E-state index in [1.54, 1.807) is 24.1 Å². The number of ether oxygens (including phenoxy) is 1. The average molecular weight is 266 g/mol. The van der Waals surface area contributed by atoms with E-state index < -0.39 is 0 Å². The van der Waals surface area contributed by atoms with Gasteiger partial charge in [-0.05, 0) is 25.7 Å². The van der Waals surface area contributed by atoms with Gasteiger partial charge in [0, 0.05) is 19.6 Å². The van der Waals surface area contributed by atoms with E-state index in [1.807, 2.05) is 0 Å². The van der Waals surface area contributed by atoms with Gasteiger partial charge in [0.1, 0.15) is 5.69 Å². The molecule has 0 atom stereocenters. The number of carbonyl (C=O) groups excluding carboxylic acids is 1. The van der Waals surface area contributed by atoms with E-state index in [-0.39, 0.29) is 5.91 Å². The number of amides is 1. The zero-order chi connectivity index (χ0) is 13.7. The molecule has 0 aromatic carbocycles. The van der Waals surface area contributed by atoms with Crippen molar-refractivity contribution in [3.8, 4) is 0 Å². The third kappa shape index (κ3) is 4.04. The standard InChI is InChI=1S/C13H22N4O2/c1-17-9-15-8-12(17)13(18)16-6-7-19-11-4-2-10(14)3-5-11/h8-11H,2-7,14H2,1H3,(H,16,18). The van der Waals surface area contributed by atoms with Crippen LogP contribution in [0.15, 0.2) is 12.5 Å². The molecule has 0 aliphatic heterocycles. The van der Waals surface area contributed by atoms with Gasteiger partial charge in [-0.15, -0.1) is 0 Å². The second-order valence-corrected chi connectivity index (χ2v) is 5.05. The van der Waals surface area contributed by atoms with Gasteiger partial charge in [-0.1, -0.05) is 0 Å². The van der Waals surface area contributed by atoms with Gasteiger partial charge in [-0.3, -0.25) is 4.79 Å². The molecule has 1 aromatic heterocycles. The van der Waals surface area contributed by atoms with Gasteiger partial charge >= 0.3 is 0 Å². The lowest BCUT2D eigenvalue weighted by Crippen LogP contribution is -2.33. The monoisotopic (exact) mass is 266 g/mol. The van der Waals surface area contributed by atoms with Gasteiger partial charge in [0.15, 0.2) is 0 Å². The van der Waals surface area contributed by atoms with Crippen LogP contribution in [0.1, 0.15) is 36.2 Å². The molecule has 0 unspecified atom stereocenters. The third-order valence-corrected chi connectivity index (χ3v) is 3.51. The molecule has 1 saturated carbocycles. The molecule has 1 heterocycles. The number of imidazole rings is 1. The molecule has 2 rings (SSSR count). The number of hydrogen-bond donors (Lipinski definition) is 2. The summed E-state index contributed by atoms with van der Waals surface area (Å²) in [6.45, 7) is 1.07. The third-order valence-electron chi connectivity index (χ3n) is 3.51. The maximum atomic E-state index is 11.8. The van der Waals surface area contributed by atoms with E-state index in [1.165, 1.54) is 0 Å².